The van der Waals surface area contributed by atoms with Crippen LogP contribution in [0.1, 0.15) is 21.5 Å². The van der Waals surface area contributed by atoms with E-state index in [0.717, 1.165) is 5.56 Å². The Balaban J connectivity index is 2.50. The zero-order valence-electron chi connectivity index (χ0n) is 10.5. The standard InChI is InChI=1S/C15H14O4/c1-19-13-8-7-11(15(17)18)12(14(13)16)9-10-5-3-2-4-6-10/h2-8,16H,9H2,1H3,(H,17,18). The maximum Gasteiger partial charge on any atom is 0.336 e. The number of phenols is 1. The highest BCUT2D eigenvalue weighted by Crippen LogP contribution is 2.33. The Morgan fingerprint density at radius 3 is 2.42 bits per heavy atom. The number of carboxylic acid groups (broad SMARTS) is 1. The van der Waals surface area contributed by atoms with E-state index < -0.39 is 5.97 Å². The van der Waals surface area contributed by atoms with E-state index in [1.54, 1.807) is 0 Å². The third-order valence-electron chi connectivity index (χ3n) is 2.92. The van der Waals surface area contributed by atoms with Crippen LogP contribution in [0, 0.1) is 0 Å². The van der Waals surface area contributed by atoms with Crippen molar-refractivity contribution >= 4 is 5.97 Å². The van der Waals surface area contributed by atoms with Crippen LogP contribution in [-0.4, -0.2) is 23.3 Å². The van der Waals surface area contributed by atoms with Gasteiger partial charge in [-0.25, -0.2) is 4.79 Å². The number of hydrogen-bond acceptors (Lipinski definition) is 3. The van der Waals surface area contributed by atoms with Crippen LogP contribution in [-0.2, 0) is 6.42 Å². The Hall–Kier alpha value is -2.49. The van der Waals surface area contributed by atoms with Gasteiger partial charge in [0.15, 0.2) is 11.5 Å². The summed E-state index contributed by atoms with van der Waals surface area (Å²) in [5, 5.41) is 19.3. The van der Waals surface area contributed by atoms with Crippen LogP contribution in [0.25, 0.3) is 0 Å². The van der Waals surface area contributed by atoms with E-state index in [4.69, 9.17) is 4.74 Å². The Kier molecular flexibility index (Phi) is 3.71. The van der Waals surface area contributed by atoms with Gasteiger partial charge < -0.3 is 14.9 Å². The van der Waals surface area contributed by atoms with Crippen LogP contribution in [0.4, 0.5) is 0 Å². The average Bonchev–Trinajstić information content (AvgIpc) is 2.42. The lowest BCUT2D eigenvalue weighted by Gasteiger charge is -2.12. The normalized spacial score (nSPS) is 10.2. The van der Waals surface area contributed by atoms with Gasteiger partial charge in [0.1, 0.15) is 0 Å². The summed E-state index contributed by atoms with van der Waals surface area (Å²) in [5.74, 6) is -0.911. The van der Waals surface area contributed by atoms with E-state index in [1.807, 2.05) is 30.3 Å². The van der Waals surface area contributed by atoms with E-state index in [0.29, 0.717) is 12.0 Å². The van der Waals surface area contributed by atoms with Crippen molar-refractivity contribution in [3.63, 3.8) is 0 Å². The van der Waals surface area contributed by atoms with Gasteiger partial charge in [0.05, 0.1) is 12.7 Å². The molecule has 2 N–H and O–H groups in total. The molecule has 0 aromatic heterocycles. The zero-order chi connectivity index (χ0) is 13.8. The van der Waals surface area contributed by atoms with Crippen LogP contribution in [0.15, 0.2) is 42.5 Å². The molecule has 2 rings (SSSR count). The molecule has 0 heterocycles. The first kappa shape index (κ1) is 13.0. The number of phenolic OH excluding ortho intramolecular Hbond substituents is 1. The van der Waals surface area contributed by atoms with Gasteiger partial charge in [-0.15, -0.1) is 0 Å². The lowest BCUT2D eigenvalue weighted by Crippen LogP contribution is -2.04. The number of ether oxygens (including phenoxy) is 1. The summed E-state index contributed by atoms with van der Waals surface area (Å²) in [6, 6.07) is 12.3. The molecule has 0 saturated heterocycles. The fourth-order valence-electron chi connectivity index (χ4n) is 1.96. The van der Waals surface area contributed by atoms with Crippen molar-refractivity contribution in [1.29, 1.82) is 0 Å². The number of carboxylic acids is 1. The summed E-state index contributed by atoms with van der Waals surface area (Å²) in [7, 11) is 1.43. The number of methoxy groups -OCH3 is 1. The van der Waals surface area contributed by atoms with E-state index in [-0.39, 0.29) is 17.1 Å². The molecule has 0 spiro atoms. The third-order valence-corrected chi connectivity index (χ3v) is 2.92. The van der Waals surface area contributed by atoms with Gasteiger partial charge >= 0.3 is 5.97 Å². The molecule has 0 aliphatic carbocycles. The fraction of sp³-hybridized carbons (Fsp3) is 0.133. The molecule has 0 aliphatic heterocycles. The summed E-state index contributed by atoms with van der Waals surface area (Å²) in [6.07, 6.45) is 0.339. The molecule has 0 radical (unpaired) electrons. The second-order valence-electron chi connectivity index (χ2n) is 4.11. The van der Waals surface area contributed by atoms with Crippen molar-refractivity contribution in [3.8, 4) is 11.5 Å². The molecular formula is C15H14O4. The average molecular weight is 258 g/mol. The van der Waals surface area contributed by atoms with Gasteiger partial charge in [0.25, 0.3) is 0 Å². The van der Waals surface area contributed by atoms with E-state index >= 15 is 0 Å². The topological polar surface area (TPSA) is 66.8 Å². The van der Waals surface area contributed by atoms with Crippen LogP contribution < -0.4 is 4.74 Å². The smallest absolute Gasteiger partial charge is 0.336 e. The van der Waals surface area contributed by atoms with E-state index in [2.05, 4.69) is 0 Å². The predicted octanol–water partition coefficient (Wildman–Crippen LogP) is 2.69. The van der Waals surface area contributed by atoms with Crippen LogP contribution >= 0.6 is 0 Å². The SMILES string of the molecule is COc1ccc(C(=O)O)c(Cc2ccccc2)c1O. The first-order valence-corrected chi connectivity index (χ1v) is 5.79. The van der Waals surface area contributed by atoms with Gasteiger partial charge in [-0.1, -0.05) is 30.3 Å². The summed E-state index contributed by atoms with van der Waals surface area (Å²) in [5.41, 5.74) is 1.37. The monoisotopic (exact) mass is 258 g/mol. The number of rotatable bonds is 4. The van der Waals surface area contributed by atoms with Crippen LogP contribution in [0.3, 0.4) is 0 Å². The van der Waals surface area contributed by atoms with Crippen LogP contribution in [0.2, 0.25) is 0 Å². The summed E-state index contributed by atoms with van der Waals surface area (Å²) in [6.45, 7) is 0. The summed E-state index contributed by atoms with van der Waals surface area (Å²) < 4.78 is 5.02. The molecule has 4 nitrogen and oxygen atoms in total. The molecule has 2 aromatic carbocycles. The lowest BCUT2D eigenvalue weighted by atomic mass is 9.98. The first-order chi connectivity index (χ1) is 9.13. The van der Waals surface area contributed by atoms with Crippen molar-refractivity contribution in [1.82, 2.24) is 0 Å². The van der Waals surface area contributed by atoms with Crippen LogP contribution in [0.5, 0.6) is 11.5 Å². The van der Waals surface area contributed by atoms with Crippen molar-refractivity contribution in [2.45, 2.75) is 6.42 Å². The number of carbonyl (C=O) groups is 1. The van der Waals surface area contributed by atoms with Crippen molar-refractivity contribution < 1.29 is 19.7 Å². The van der Waals surface area contributed by atoms with Gasteiger partial charge in [-0.2, -0.15) is 0 Å². The minimum atomic E-state index is -1.07. The Morgan fingerprint density at radius 1 is 1.16 bits per heavy atom. The molecule has 0 unspecified atom stereocenters. The Morgan fingerprint density at radius 2 is 1.84 bits per heavy atom. The largest absolute Gasteiger partial charge is 0.504 e. The number of aromatic hydroxyl groups is 1. The van der Waals surface area contributed by atoms with Gasteiger partial charge in [0, 0.05) is 12.0 Å². The van der Waals surface area contributed by atoms with E-state index in [1.165, 1.54) is 19.2 Å². The van der Waals surface area contributed by atoms with Crippen molar-refractivity contribution in [3.05, 3.63) is 59.2 Å². The molecule has 2 aromatic rings. The zero-order valence-corrected chi connectivity index (χ0v) is 10.5. The fourth-order valence-corrected chi connectivity index (χ4v) is 1.96. The molecule has 0 bridgehead atoms. The number of hydrogen-bond donors (Lipinski definition) is 2. The molecule has 0 atom stereocenters. The Labute approximate surface area is 110 Å². The van der Waals surface area contributed by atoms with Crippen molar-refractivity contribution in [2.75, 3.05) is 7.11 Å². The molecule has 98 valence electrons. The molecule has 0 aliphatic rings. The quantitative estimate of drug-likeness (QED) is 0.884. The second kappa shape index (κ2) is 5.44. The molecule has 0 saturated carbocycles. The highest BCUT2D eigenvalue weighted by Gasteiger charge is 2.17. The summed E-state index contributed by atoms with van der Waals surface area (Å²) in [4.78, 5) is 11.2. The molecule has 0 amide bonds. The van der Waals surface area contributed by atoms with Gasteiger partial charge in [0.2, 0.25) is 0 Å². The predicted molar refractivity (Wildman–Crippen MR) is 70.9 cm³/mol. The first-order valence-electron chi connectivity index (χ1n) is 5.79. The maximum absolute atomic E-state index is 11.2. The lowest BCUT2D eigenvalue weighted by molar-refractivity contribution is 0.0695. The minimum Gasteiger partial charge on any atom is -0.504 e. The van der Waals surface area contributed by atoms with Gasteiger partial charge in [-0.05, 0) is 17.7 Å². The second-order valence-corrected chi connectivity index (χ2v) is 4.11. The van der Waals surface area contributed by atoms with Gasteiger partial charge in [-0.3, -0.25) is 0 Å². The third kappa shape index (κ3) is 2.68. The van der Waals surface area contributed by atoms with Crippen molar-refractivity contribution in [2.24, 2.45) is 0 Å². The maximum atomic E-state index is 11.2. The minimum absolute atomic E-state index is 0.0853. The summed E-state index contributed by atoms with van der Waals surface area (Å²) >= 11 is 0. The molecule has 4 heteroatoms. The Bertz CT molecular complexity index is 591. The highest BCUT2D eigenvalue weighted by atomic mass is 16.5. The highest BCUT2D eigenvalue weighted by molar-refractivity contribution is 5.91. The molecule has 19 heavy (non-hydrogen) atoms. The molecule has 0 fully saturated rings. The van der Waals surface area contributed by atoms with E-state index in [9.17, 15) is 15.0 Å². The number of aromatic carboxylic acids is 1. The number of benzene rings is 2. The molecular weight excluding hydrogens is 244 g/mol.